The summed E-state index contributed by atoms with van der Waals surface area (Å²) >= 11 is -1.02. The standard InChI is InChI=1S/C5H5.2CH3.In/c1-2-4-5-3-1;;;/h1-3H,4H2;2*1H3;. The van der Waals surface area contributed by atoms with Gasteiger partial charge < -0.3 is 0 Å². The van der Waals surface area contributed by atoms with Crippen molar-refractivity contribution in [3.8, 4) is 0 Å². The third kappa shape index (κ3) is 1.41. The van der Waals surface area contributed by atoms with Gasteiger partial charge in [0.2, 0.25) is 0 Å². The minimum atomic E-state index is -1.02. The van der Waals surface area contributed by atoms with Crippen LogP contribution in [0.15, 0.2) is 21.6 Å². The van der Waals surface area contributed by atoms with Crippen molar-refractivity contribution in [3.63, 3.8) is 0 Å². The van der Waals surface area contributed by atoms with Gasteiger partial charge in [0.25, 0.3) is 0 Å². The summed E-state index contributed by atoms with van der Waals surface area (Å²) in [7, 11) is 0. The predicted octanol–water partition coefficient (Wildman–Crippen LogP) is 2.17. The Balaban J connectivity index is 2.51. The fourth-order valence-electron chi connectivity index (χ4n) is 0.892. The van der Waals surface area contributed by atoms with Crippen molar-refractivity contribution in [2.24, 2.45) is 0 Å². The zero-order chi connectivity index (χ0) is 5.98. The Labute approximate surface area is 58.8 Å². The van der Waals surface area contributed by atoms with E-state index >= 15 is 0 Å². The SMILES string of the molecule is [CH3][In]([CH3])[C]1=CC=CC1. The van der Waals surface area contributed by atoms with E-state index in [9.17, 15) is 0 Å². The Kier molecular flexibility index (Phi) is 2.24. The van der Waals surface area contributed by atoms with Gasteiger partial charge in [-0.15, -0.1) is 0 Å². The Bertz CT molecular complexity index is 131. The van der Waals surface area contributed by atoms with Crippen LogP contribution in [-0.4, -0.2) is 21.4 Å². The van der Waals surface area contributed by atoms with Crippen LogP contribution in [0.25, 0.3) is 0 Å². The van der Waals surface area contributed by atoms with Crippen LogP contribution in [0.5, 0.6) is 0 Å². The first-order valence-corrected chi connectivity index (χ1v) is 11.4. The molecule has 42 valence electrons. The van der Waals surface area contributed by atoms with Gasteiger partial charge in [-0.25, -0.2) is 0 Å². The molecule has 0 heterocycles. The normalized spacial score (nSPS) is 16.5. The molecule has 0 saturated carbocycles. The van der Waals surface area contributed by atoms with E-state index < -0.39 is 21.4 Å². The first-order valence-electron chi connectivity index (χ1n) is 3.16. The van der Waals surface area contributed by atoms with Crippen LogP contribution >= 0.6 is 0 Å². The first-order chi connectivity index (χ1) is 3.80. The molecule has 1 heteroatoms. The van der Waals surface area contributed by atoms with Gasteiger partial charge >= 0.3 is 58.8 Å². The Morgan fingerprint density at radius 3 is 2.50 bits per heavy atom. The summed E-state index contributed by atoms with van der Waals surface area (Å²) in [5, 5.41) is 0. The average Bonchev–Trinajstić information content (AvgIpc) is 2.12. The molecule has 0 spiro atoms. The van der Waals surface area contributed by atoms with E-state index in [4.69, 9.17) is 0 Å². The molecule has 0 aliphatic heterocycles. The Morgan fingerprint density at radius 2 is 2.25 bits per heavy atom. The molecule has 0 radical (unpaired) electrons. The molecule has 0 aromatic rings. The van der Waals surface area contributed by atoms with Gasteiger partial charge in [0.15, 0.2) is 0 Å². The summed E-state index contributed by atoms with van der Waals surface area (Å²) in [4.78, 5) is 0. The second-order valence-electron chi connectivity index (χ2n) is 2.53. The summed E-state index contributed by atoms with van der Waals surface area (Å²) in [6.45, 7) is 0. The fourth-order valence-corrected chi connectivity index (χ4v) is 4.04. The number of hydrogen-bond donors (Lipinski definition) is 0. The van der Waals surface area contributed by atoms with Crippen molar-refractivity contribution in [3.05, 3.63) is 21.6 Å². The van der Waals surface area contributed by atoms with Crippen molar-refractivity contribution >= 4 is 21.4 Å². The molecule has 0 bridgehead atoms. The minimum absolute atomic E-state index is 1.02. The van der Waals surface area contributed by atoms with E-state index in [-0.39, 0.29) is 0 Å². The van der Waals surface area contributed by atoms with E-state index in [1.54, 1.807) is 3.33 Å². The Morgan fingerprint density at radius 1 is 1.50 bits per heavy atom. The van der Waals surface area contributed by atoms with Crippen LogP contribution in [0.2, 0.25) is 9.36 Å². The summed E-state index contributed by atoms with van der Waals surface area (Å²) in [5.41, 5.74) is 0. The van der Waals surface area contributed by atoms with Gasteiger partial charge in [-0.05, 0) is 0 Å². The molecule has 0 N–H and O–H groups in total. The monoisotopic (exact) mass is 210 g/mol. The third-order valence-electron chi connectivity index (χ3n) is 1.54. The second kappa shape index (κ2) is 2.77. The van der Waals surface area contributed by atoms with Gasteiger partial charge in [0, 0.05) is 0 Å². The van der Waals surface area contributed by atoms with E-state index in [0.29, 0.717) is 0 Å². The van der Waals surface area contributed by atoms with Crippen molar-refractivity contribution in [2.75, 3.05) is 0 Å². The molecule has 0 saturated heterocycles. The molecule has 0 atom stereocenters. The van der Waals surface area contributed by atoms with Crippen LogP contribution in [0.1, 0.15) is 6.42 Å². The topological polar surface area (TPSA) is 0 Å². The molecule has 0 amide bonds. The number of allylic oxidation sites excluding steroid dienone is 4. The quantitative estimate of drug-likeness (QED) is 0.622. The van der Waals surface area contributed by atoms with Gasteiger partial charge in [-0.2, -0.15) is 0 Å². The van der Waals surface area contributed by atoms with Crippen LogP contribution in [0, 0.1) is 0 Å². The molecule has 1 rings (SSSR count). The van der Waals surface area contributed by atoms with E-state index in [1.165, 1.54) is 6.42 Å². The molecular weight excluding hydrogens is 199 g/mol. The predicted molar refractivity (Wildman–Crippen MR) is 39.3 cm³/mol. The van der Waals surface area contributed by atoms with Crippen molar-refractivity contribution < 1.29 is 0 Å². The molecule has 1 aliphatic rings. The maximum absolute atomic E-state index is 2.44. The van der Waals surface area contributed by atoms with E-state index in [1.807, 2.05) is 0 Å². The maximum atomic E-state index is 2.44. The molecule has 0 fully saturated rings. The van der Waals surface area contributed by atoms with Gasteiger partial charge in [0.05, 0.1) is 0 Å². The summed E-state index contributed by atoms with van der Waals surface area (Å²) < 4.78 is 6.66. The van der Waals surface area contributed by atoms with Gasteiger partial charge in [-0.3, -0.25) is 0 Å². The molecule has 0 aromatic carbocycles. The second-order valence-corrected chi connectivity index (χ2v) is 11.2. The molecule has 0 aromatic heterocycles. The van der Waals surface area contributed by atoms with Crippen LogP contribution in [-0.2, 0) is 0 Å². The number of rotatable bonds is 1. The van der Waals surface area contributed by atoms with Crippen LogP contribution < -0.4 is 0 Å². The number of hydrogen-bond acceptors (Lipinski definition) is 0. The van der Waals surface area contributed by atoms with Crippen molar-refractivity contribution in [1.29, 1.82) is 0 Å². The van der Waals surface area contributed by atoms with Crippen LogP contribution in [0.4, 0.5) is 0 Å². The summed E-state index contributed by atoms with van der Waals surface area (Å²) in [6, 6.07) is 0. The third-order valence-corrected chi connectivity index (χ3v) is 7.00. The zero-order valence-corrected chi connectivity index (χ0v) is 8.81. The summed E-state index contributed by atoms with van der Waals surface area (Å²) in [5.74, 6) is 0. The fraction of sp³-hybridized carbons (Fsp3) is 0.429. The molecule has 0 nitrogen and oxygen atoms in total. The summed E-state index contributed by atoms with van der Waals surface area (Å²) in [6.07, 6.45) is 8.02. The van der Waals surface area contributed by atoms with Gasteiger partial charge in [0.1, 0.15) is 0 Å². The van der Waals surface area contributed by atoms with Crippen molar-refractivity contribution in [1.82, 2.24) is 0 Å². The van der Waals surface area contributed by atoms with E-state index in [2.05, 4.69) is 27.6 Å². The first kappa shape index (κ1) is 6.47. The van der Waals surface area contributed by atoms with Crippen LogP contribution in [0.3, 0.4) is 0 Å². The molecular formula is C7H11In. The van der Waals surface area contributed by atoms with Crippen molar-refractivity contribution in [2.45, 2.75) is 15.8 Å². The van der Waals surface area contributed by atoms with Gasteiger partial charge in [-0.1, -0.05) is 0 Å². The zero-order valence-electron chi connectivity index (χ0n) is 5.52. The van der Waals surface area contributed by atoms with E-state index in [0.717, 1.165) is 0 Å². The molecule has 8 heavy (non-hydrogen) atoms. The molecule has 1 aliphatic carbocycles. The average molecular weight is 210 g/mol. The Hall–Kier alpha value is 0.350. The molecule has 0 unspecified atom stereocenters.